The molecular formula is C10H12BrN3. The molecule has 0 amide bonds. The third-order valence-electron chi connectivity index (χ3n) is 2.46. The van der Waals surface area contributed by atoms with Crippen LogP contribution < -0.4 is 0 Å². The van der Waals surface area contributed by atoms with Crippen molar-refractivity contribution in [2.45, 2.75) is 19.3 Å². The van der Waals surface area contributed by atoms with E-state index < -0.39 is 0 Å². The van der Waals surface area contributed by atoms with Crippen LogP contribution in [0.5, 0.6) is 0 Å². The van der Waals surface area contributed by atoms with Crippen molar-refractivity contribution in [1.82, 2.24) is 15.2 Å². The molecule has 2 aromatic heterocycles. The van der Waals surface area contributed by atoms with E-state index in [4.69, 9.17) is 0 Å². The first-order chi connectivity index (χ1) is 6.85. The smallest absolute Gasteiger partial charge is 0.155 e. The highest BCUT2D eigenvalue weighted by Gasteiger charge is 2.09. The molecule has 1 N–H and O–H groups in total. The lowest BCUT2D eigenvalue weighted by atomic mass is 10.00. The number of alkyl halides is 1. The van der Waals surface area contributed by atoms with Crippen LogP contribution in [0.3, 0.4) is 0 Å². The second-order valence-electron chi connectivity index (χ2n) is 3.34. The van der Waals surface area contributed by atoms with Gasteiger partial charge in [0.1, 0.15) is 0 Å². The Balaban J connectivity index is 2.42. The van der Waals surface area contributed by atoms with Crippen molar-refractivity contribution in [3.05, 3.63) is 24.0 Å². The third-order valence-corrected chi connectivity index (χ3v) is 3.24. The quantitative estimate of drug-likeness (QED) is 0.855. The molecule has 0 saturated carbocycles. The van der Waals surface area contributed by atoms with Gasteiger partial charge in [-0.25, -0.2) is 4.98 Å². The molecule has 0 aliphatic rings. The van der Waals surface area contributed by atoms with Gasteiger partial charge in [-0.1, -0.05) is 22.9 Å². The minimum atomic E-state index is 0.543. The fourth-order valence-electron chi connectivity index (χ4n) is 1.51. The van der Waals surface area contributed by atoms with Gasteiger partial charge in [0.05, 0.1) is 6.20 Å². The number of nitrogens with one attached hydrogen (secondary N) is 1. The van der Waals surface area contributed by atoms with E-state index >= 15 is 0 Å². The van der Waals surface area contributed by atoms with E-state index in [1.54, 1.807) is 0 Å². The lowest BCUT2D eigenvalue weighted by molar-refractivity contribution is 0.746. The van der Waals surface area contributed by atoms with Gasteiger partial charge in [0.25, 0.3) is 0 Å². The van der Waals surface area contributed by atoms with Crippen LogP contribution in [0.25, 0.3) is 11.0 Å². The molecule has 0 spiro atoms. The van der Waals surface area contributed by atoms with Gasteiger partial charge >= 0.3 is 0 Å². The molecule has 0 saturated heterocycles. The van der Waals surface area contributed by atoms with Crippen LogP contribution in [0.4, 0.5) is 0 Å². The molecule has 0 aliphatic heterocycles. The van der Waals surface area contributed by atoms with Gasteiger partial charge in [-0.2, -0.15) is 5.10 Å². The average Bonchev–Trinajstić information content (AvgIpc) is 2.66. The lowest BCUT2D eigenvalue weighted by Crippen LogP contribution is -1.98. The molecule has 0 fully saturated rings. The van der Waals surface area contributed by atoms with Gasteiger partial charge in [0, 0.05) is 16.9 Å². The fraction of sp³-hybridized carbons (Fsp3) is 0.400. The molecule has 2 heterocycles. The Bertz CT molecular complexity index is 420. The largest absolute Gasteiger partial charge is 0.261 e. The van der Waals surface area contributed by atoms with Gasteiger partial charge < -0.3 is 0 Å². The maximum absolute atomic E-state index is 4.32. The first-order valence-corrected chi connectivity index (χ1v) is 5.82. The number of pyridine rings is 1. The zero-order valence-electron chi connectivity index (χ0n) is 8.00. The van der Waals surface area contributed by atoms with E-state index in [0.717, 1.165) is 22.8 Å². The summed E-state index contributed by atoms with van der Waals surface area (Å²) in [7, 11) is 0. The van der Waals surface area contributed by atoms with E-state index in [2.05, 4.69) is 44.1 Å². The number of rotatable bonds is 3. The minimum absolute atomic E-state index is 0.543. The summed E-state index contributed by atoms with van der Waals surface area (Å²) in [5.74, 6) is 0.543. The number of hydrogen-bond donors (Lipinski definition) is 1. The minimum Gasteiger partial charge on any atom is -0.261 e. The van der Waals surface area contributed by atoms with Gasteiger partial charge in [0.2, 0.25) is 0 Å². The number of fused-ring (bicyclic) bond motifs is 1. The van der Waals surface area contributed by atoms with Crippen LogP contribution >= 0.6 is 15.9 Å². The molecule has 1 atom stereocenters. The van der Waals surface area contributed by atoms with Crippen LogP contribution in [0.1, 0.15) is 24.8 Å². The van der Waals surface area contributed by atoms with Gasteiger partial charge in [-0.05, 0) is 24.0 Å². The molecule has 4 heteroatoms. The number of H-pyrrole nitrogens is 1. The van der Waals surface area contributed by atoms with Crippen molar-refractivity contribution in [2.75, 3.05) is 5.33 Å². The van der Waals surface area contributed by atoms with E-state index in [1.807, 2.05) is 12.4 Å². The fourth-order valence-corrected chi connectivity index (χ4v) is 2.34. The molecule has 0 aliphatic carbocycles. The Hall–Kier alpha value is -0.900. The summed E-state index contributed by atoms with van der Waals surface area (Å²) < 4.78 is 0. The molecule has 0 aromatic carbocycles. The third kappa shape index (κ3) is 1.66. The standard InChI is InChI=1S/C10H12BrN3/c1-2-7(4-11)8-3-9-6-13-14-10(9)12-5-8/h3,5-7H,2,4H2,1H3,(H,12,13,14). The molecule has 74 valence electrons. The van der Waals surface area contributed by atoms with E-state index in [-0.39, 0.29) is 0 Å². The van der Waals surface area contributed by atoms with Crippen molar-refractivity contribution < 1.29 is 0 Å². The summed E-state index contributed by atoms with van der Waals surface area (Å²) in [5, 5.41) is 8.87. The Morgan fingerprint density at radius 3 is 3.07 bits per heavy atom. The first-order valence-electron chi connectivity index (χ1n) is 4.70. The maximum atomic E-state index is 4.32. The summed E-state index contributed by atoms with van der Waals surface area (Å²) in [6.07, 6.45) is 4.86. The number of hydrogen-bond acceptors (Lipinski definition) is 2. The van der Waals surface area contributed by atoms with Crippen LogP contribution in [0, 0.1) is 0 Å². The Morgan fingerprint density at radius 1 is 1.50 bits per heavy atom. The molecule has 2 aromatic rings. The molecular weight excluding hydrogens is 242 g/mol. The van der Waals surface area contributed by atoms with Crippen LogP contribution in [-0.4, -0.2) is 20.5 Å². The molecule has 14 heavy (non-hydrogen) atoms. The molecule has 2 rings (SSSR count). The topological polar surface area (TPSA) is 41.6 Å². The lowest BCUT2D eigenvalue weighted by Gasteiger charge is -2.10. The first kappa shape index (κ1) is 9.65. The van der Waals surface area contributed by atoms with Crippen molar-refractivity contribution in [1.29, 1.82) is 0 Å². The second-order valence-corrected chi connectivity index (χ2v) is 3.98. The van der Waals surface area contributed by atoms with E-state index in [0.29, 0.717) is 5.92 Å². The highest BCUT2D eigenvalue weighted by Crippen LogP contribution is 2.23. The van der Waals surface area contributed by atoms with E-state index in [9.17, 15) is 0 Å². The normalized spacial score (nSPS) is 13.3. The van der Waals surface area contributed by atoms with Crippen molar-refractivity contribution >= 4 is 27.0 Å². The number of aromatic nitrogens is 3. The number of halogens is 1. The summed E-state index contributed by atoms with van der Waals surface area (Å²) in [6.45, 7) is 2.19. The van der Waals surface area contributed by atoms with Crippen molar-refractivity contribution in [3.63, 3.8) is 0 Å². The predicted octanol–water partition coefficient (Wildman–Crippen LogP) is 2.85. The molecule has 1 unspecified atom stereocenters. The zero-order chi connectivity index (χ0) is 9.97. The second kappa shape index (κ2) is 4.09. The van der Waals surface area contributed by atoms with Crippen LogP contribution in [-0.2, 0) is 0 Å². The Labute approximate surface area is 91.1 Å². The van der Waals surface area contributed by atoms with Gasteiger partial charge in [-0.3, -0.25) is 5.10 Å². The number of nitrogens with zero attached hydrogens (tertiary/aromatic N) is 2. The highest BCUT2D eigenvalue weighted by molar-refractivity contribution is 9.09. The highest BCUT2D eigenvalue weighted by atomic mass is 79.9. The predicted molar refractivity (Wildman–Crippen MR) is 60.7 cm³/mol. The summed E-state index contributed by atoms with van der Waals surface area (Å²) in [4.78, 5) is 4.32. The Kier molecular flexibility index (Phi) is 2.82. The van der Waals surface area contributed by atoms with Crippen LogP contribution in [0.2, 0.25) is 0 Å². The number of aromatic amines is 1. The van der Waals surface area contributed by atoms with E-state index in [1.165, 1.54) is 5.56 Å². The SMILES string of the molecule is CCC(CBr)c1cnc2[nH]ncc2c1. The van der Waals surface area contributed by atoms with Gasteiger partial charge in [-0.15, -0.1) is 0 Å². The van der Waals surface area contributed by atoms with Gasteiger partial charge in [0.15, 0.2) is 5.65 Å². The molecule has 0 bridgehead atoms. The zero-order valence-corrected chi connectivity index (χ0v) is 9.58. The van der Waals surface area contributed by atoms with Crippen molar-refractivity contribution in [2.24, 2.45) is 0 Å². The average molecular weight is 254 g/mol. The Morgan fingerprint density at radius 2 is 2.36 bits per heavy atom. The molecule has 0 radical (unpaired) electrons. The summed E-state index contributed by atoms with van der Waals surface area (Å²) >= 11 is 3.52. The monoisotopic (exact) mass is 253 g/mol. The summed E-state index contributed by atoms with van der Waals surface area (Å²) in [5.41, 5.74) is 2.14. The maximum Gasteiger partial charge on any atom is 0.155 e. The molecule has 3 nitrogen and oxygen atoms in total. The summed E-state index contributed by atoms with van der Waals surface area (Å²) in [6, 6.07) is 2.15. The van der Waals surface area contributed by atoms with Crippen LogP contribution in [0.15, 0.2) is 18.5 Å². The van der Waals surface area contributed by atoms with Crippen molar-refractivity contribution in [3.8, 4) is 0 Å².